The van der Waals surface area contributed by atoms with Crippen LogP contribution in [0, 0.1) is 0 Å². The third-order valence-electron chi connectivity index (χ3n) is 4.20. The van der Waals surface area contributed by atoms with Gasteiger partial charge in [-0.2, -0.15) is 5.10 Å². The molecule has 1 heterocycles. The highest BCUT2D eigenvalue weighted by Gasteiger charge is 2.09. The lowest BCUT2D eigenvalue weighted by Gasteiger charge is -2.10. The summed E-state index contributed by atoms with van der Waals surface area (Å²) >= 11 is 0. The number of hydrogen-bond acceptors (Lipinski definition) is 3. The van der Waals surface area contributed by atoms with E-state index in [0.717, 1.165) is 42.9 Å². The van der Waals surface area contributed by atoms with Gasteiger partial charge in [0.1, 0.15) is 12.4 Å². The van der Waals surface area contributed by atoms with E-state index in [9.17, 15) is 0 Å². The van der Waals surface area contributed by atoms with Gasteiger partial charge in [0.15, 0.2) is 0 Å². The highest BCUT2D eigenvalue weighted by molar-refractivity contribution is 5.83. The Bertz CT molecular complexity index is 782. The zero-order valence-corrected chi connectivity index (χ0v) is 16.5. The standard InChI is InChI=1S/C22H31N3O/c1-6-14-24(4)15-7-8-16-26-19-12-13-20-21(11-9-10-18(2)3)23-25(5)22(20)17-19/h6-8,10,12-13,17H,1,9,11,14-16H2,2-5H3/b8-7+. The Morgan fingerprint density at radius 2 is 2.08 bits per heavy atom. The molecule has 0 fully saturated rings. The van der Waals surface area contributed by atoms with Crippen LogP contribution >= 0.6 is 0 Å². The quantitative estimate of drug-likeness (QED) is 0.588. The summed E-state index contributed by atoms with van der Waals surface area (Å²) in [5, 5.41) is 5.89. The van der Waals surface area contributed by atoms with Crippen molar-refractivity contribution in [3.63, 3.8) is 0 Å². The number of aryl methyl sites for hydroxylation is 2. The molecule has 0 amide bonds. The van der Waals surface area contributed by atoms with Crippen LogP contribution in [0.15, 0.2) is 54.7 Å². The molecule has 0 unspecified atom stereocenters. The van der Waals surface area contributed by atoms with Gasteiger partial charge < -0.3 is 4.74 Å². The predicted molar refractivity (Wildman–Crippen MR) is 111 cm³/mol. The van der Waals surface area contributed by atoms with Crippen LogP contribution in [0.4, 0.5) is 0 Å². The van der Waals surface area contributed by atoms with Crippen LogP contribution < -0.4 is 4.74 Å². The minimum absolute atomic E-state index is 0.568. The number of ether oxygens (including phenoxy) is 1. The molecule has 140 valence electrons. The molecule has 1 aromatic heterocycles. The molecular formula is C22H31N3O. The van der Waals surface area contributed by atoms with E-state index in [4.69, 9.17) is 4.74 Å². The number of likely N-dealkylation sites (N-methyl/N-ethyl adjacent to an activating group) is 1. The van der Waals surface area contributed by atoms with Gasteiger partial charge in [-0.25, -0.2) is 0 Å². The Labute approximate surface area is 157 Å². The van der Waals surface area contributed by atoms with E-state index >= 15 is 0 Å². The Kier molecular flexibility index (Phi) is 7.67. The Hall–Kier alpha value is -2.33. The second-order valence-corrected chi connectivity index (χ2v) is 6.86. The molecule has 0 atom stereocenters. The lowest BCUT2D eigenvalue weighted by Crippen LogP contribution is -2.17. The summed E-state index contributed by atoms with van der Waals surface area (Å²) in [5.74, 6) is 0.875. The molecule has 0 saturated carbocycles. The van der Waals surface area contributed by atoms with Crippen molar-refractivity contribution in [3.05, 3.63) is 60.3 Å². The van der Waals surface area contributed by atoms with Gasteiger partial charge in [0, 0.05) is 31.6 Å². The number of aromatic nitrogens is 2. The molecule has 0 aliphatic rings. The SMILES string of the molecule is C=CCN(C)C/C=C/COc1ccc2c(CCC=C(C)C)nn(C)c2c1. The first-order valence-corrected chi connectivity index (χ1v) is 9.17. The van der Waals surface area contributed by atoms with E-state index in [1.54, 1.807) is 0 Å². The molecule has 0 bridgehead atoms. The fourth-order valence-corrected chi connectivity index (χ4v) is 2.85. The van der Waals surface area contributed by atoms with Crippen molar-refractivity contribution >= 4 is 10.9 Å². The minimum Gasteiger partial charge on any atom is -0.489 e. The van der Waals surface area contributed by atoms with Gasteiger partial charge in [0.25, 0.3) is 0 Å². The number of allylic oxidation sites excluding steroid dienone is 2. The van der Waals surface area contributed by atoms with Gasteiger partial charge in [0.05, 0.1) is 11.2 Å². The van der Waals surface area contributed by atoms with E-state index < -0.39 is 0 Å². The van der Waals surface area contributed by atoms with Crippen LogP contribution in [0.2, 0.25) is 0 Å². The highest BCUT2D eigenvalue weighted by Crippen LogP contribution is 2.24. The van der Waals surface area contributed by atoms with Crippen molar-refractivity contribution in [2.45, 2.75) is 26.7 Å². The van der Waals surface area contributed by atoms with E-state index in [2.05, 4.69) is 67.8 Å². The highest BCUT2D eigenvalue weighted by atomic mass is 16.5. The van der Waals surface area contributed by atoms with Gasteiger partial charge in [-0.1, -0.05) is 29.9 Å². The fraction of sp³-hybridized carbons (Fsp3) is 0.409. The van der Waals surface area contributed by atoms with Crippen LogP contribution in [-0.2, 0) is 13.5 Å². The van der Waals surface area contributed by atoms with Crippen molar-refractivity contribution in [3.8, 4) is 5.75 Å². The average molecular weight is 354 g/mol. The molecule has 26 heavy (non-hydrogen) atoms. The summed E-state index contributed by atoms with van der Waals surface area (Å²) in [6, 6.07) is 6.23. The molecule has 0 N–H and O–H groups in total. The largest absolute Gasteiger partial charge is 0.489 e. The summed E-state index contributed by atoms with van der Waals surface area (Å²) in [7, 11) is 4.06. The first-order chi connectivity index (χ1) is 12.5. The zero-order chi connectivity index (χ0) is 18.9. The molecule has 0 radical (unpaired) electrons. The average Bonchev–Trinajstić information content (AvgIpc) is 2.90. The second-order valence-electron chi connectivity index (χ2n) is 6.86. The number of benzene rings is 1. The summed E-state index contributed by atoms with van der Waals surface area (Å²) < 4.78 is 7.80. The summed E-state index contributed by atoms with van der Waals surface area (Å²) in [6.45, 7) is 10.4. The maximum atomic E-state index is 5.86. The monoisotopic (exact) mass is 353 g/mol. The van der Waals surface area contributed by atoms with Crippen molar-refractivity contribution in [1.82, 2.24) is 14.7 Å². The summed E-state index contributed by atoms with van der Waals surface area (Å²) in [5.41, 5.74) is 3.62. The Balaban J connectivity index is 1.96. The van der Waals surface area contributed by atoms with Gasteiger partial charge >= 0.3 is 0 Å². The van der Waals surface area contributed by atoms with Gasteiger partial charge in [-0.05, 0) is 45.9 Å². The van der Waals surface area contributed by atoms with E-state index in [1.165, 1.54) is 11.0 Å². The maximum absolute atomic E-state index is 5.86. The predicted octanol–water partition coefficient (Wildman–Crippen LogP) is 4.52. The molecular weight excluding hydrogens is 322 g/mol. The Morgan fingerprint density at radius 3 is 2.81 bits per heavy atom. The number of nitrogens with zero attached hydrogens (tertiary/aromatic N) is 3. The van der Waals surface area contributed by atoms with Crippen LogP contribution in [0.5, 0.6) is 5.75 Å². The smallest absolute Gasteiger partial charge is 0.121 e. The molecule has 0 spiro atoms. The number of fused-ring (bicyclic) bond motifs is 1. The van der Waals surface area contributed by atoms with Gasteiger partial charge in [0.2, 0.25) is 0 Å². The molecule has 0 saturated heterocycles. The van der Waals surface area contributed by atoms with Gasteiger partial charge in [-0.15, -0.1) is 6.58 Å². The molecule has 0 aliphatic heterocycles. The summed E-state index contributed by atoms with van der Waals surface area (Å²) in [6.07, 6.45) is 10.3. The van der Waals surface area contributed by atoms with Crippen LogP contribution in [0.3, 0.4) is 0 Å². The van der Waals surface area contributed by atoms with Crippen LogP contribution in [0.25, 0.3) is 10.9 Å². The number of rotatable bonds is 10. The van der Waals surface area contributed by atoms with E-state index in [-0.39, 0.29) is 0 Å². The van der Waals surface area contributed by atoms with E-state index in [0.29, 0.717) is 6.61 Å². The third kappa shape index (κ3) is 5.88. The molecule has 4 heteroatoms. The van der Waals surface area contributed by atoms with Crippen LogP contribution in [0.1, 0.15) is 26.0 Å². The van der Waals surface area contributed by atoms with Crippen molar-refractivity contribution in [1.29, 1.82) is 0 Å². The molecule has 2 aromatic rings. The lowest BCUT2D eigenvalue weighted by molar-refractivity contribution is 0.360. The number of hydrogen-bond donors (Lipinski definition) is 0. The minimum atomic E-state index is 0.568. The molecule has 0 aliphatic carbocycles. The first kappa shape index (κ1) is 20.0. The van der Waals surface area contributed by atoms with Crippen molar-refractivity contribution in [2.24, 2.45) is 7.05 Å². The zero-order valence-electron chi connectivity index (χ0n) is 16.5. The normalized spacial score (nSPS) is 11.4. The van der Waals surface area contributed by atoms with Crippen molar-refractivity contribution in [2.75, 3.05) is 26.7 Å². The van der Waals surface area contributed by atoms with Crippen LogP contribution in [-0.4, -0.2) is 41.4 Å². The fourth-order valence-electron chi connectivity index (χ4n) is 2.85. The third-order valence-corrected chi connectivity index (χ3v) is 4.20. The van der Waals surface area contributed by atoms with Crippen molar-refractivity contribution < 1.29 is 4.74 Å². The van der Waals surface area contributed by atoms with Gasteiger partial charge in [-0.3, -0.25) is 9.58 Å². The van der Waals surface area contributed by atoms with E-state index in [1.807, 2.05) is 23.9 Å². The first-order valence-electron chi connectivity index (χ1n) is 9.17. The second kappa shape index (κ2) is 9.97. The topological polar surface area (TPSA) is 30.3 Å². The summed E-state index contributed by atoms with van der Waals surface area (Å²) in [4.78, 5) is 2.18. The Morgan fingerprint density at radius 1 is 1.27 bits per heavy atom. The molecule has 1 aromatic carbocycles. The maximum Gasteiger partial charge on any atom is 0.121 e. The molecule has 2 rings (SSSR count). The molecule has 4 nitrogen and oxygen atoms in total. The lowest BCUT2D eigenvalue weighted by atomic mass is 10.1.